The first-order valence-electron chi connectivity index (χ1n) is 7.16. The number of rotatable bonds is 4. The van der Waals surface area contributed by atoms with E-state index in [1.807, 2.05) is 0 Å². The summed E-state index contributed by atoms with van der Waals surface area (Å²) in [5, 5.41) is 0. The van der Waals surface area contributed by atoms with Gasteiger partial charge in [-0.05, 0) is 24.8 Å². The van der Waals surface area contributed by atoms with Crippen molar-refractivity contribution in [2.75, 3.05) is 32.8 Å². The molecule has 2 rings (SSSR count). The average Bonchev–Trinajstić information content (AvgIpc) is 2.38. The van der Waals surface area contributed by atoms with E-state index in [9.17, 15) is 0 Å². The van der Waals surface area contributed by atoms with Crippen LogP contribution in [-0.4, -0.2) is 37.7 Å². The molecule has 2 nitrogen and oxygen atoms in total. The van der Waals surface area contributed by atoms with Crippen molar-refractivity contribution in [1.29, 1.82) is 0 Å². The molecular formula is C14H27NO. The highest BCUT2D eigenvalue weighted by atomic mass is 16.5. The summed E-state index contributed by atoms with van der Waals surface area (Å²) >= 11 is 0. The summed E-state index contributed by atoms with van der Waals surface area (Å²) in [5.74, 6) is 1.96. The van der Waals surface area contributed by atoms with E-state index in [0.717, 1.165) is 38.1 Å². The van der Waals surface area contributed by atoms with Crippen molar-refractivity contribution in [1.82, 2.24) is 4.90 Å². The largest absolute Gasteiger partial charge is 0.379 e. The van der Waals surface area contributed by atoms with Gasteiger partial charge in [-0.1, -0.05) is 39.0 Å². The molecule has 2 fully saturated rings. The SMILES string of the molecule is CC(CCN1CCOCC1)C1CCCCC1. The summed E-state index contributed by atoms with van der Waals surface area (Å²) in [7, 11) is 0. The topological polar surface area (TPSA) is 12.5 Å². The third-order valence-electron chi connectivity index (χ3n) is 4.46. The van der Waals surface area contributed by atoms with Crippen LogP contribution in [0.4, 0.5) is 0 Å². The summed E-state index contributed by atoms with van der Waals surface area (Å²) in [4.78, 5) is 2.57. The van der Waals surface area contributed by atoms with Crippen LogP contribution in [0.15, 0.2) is 0 Å². The molecule has 0 radical (unpaired) electrons. The van der Waals surface area contributed by atoms with Crippen LogP contribution in [0.2, 0.25) is 0 Å². The van der Waals surface area contributed by atoms with Crippen LogP contribution in [0.1, 0.15) is 45.4 Å². The molecular weight excluding hydrogens is 198 g/mol. The highest BCUT2D eigenvalue weighted by molar-refractivity contribution is 4.73. The van der Waals surface area contributed by atoms with E-state index in [2.05, 4.69) is 11.8 Å². The maximum Gasteiger partial charge on any atom is 0.0594 e. The molecule has 0 aromatic heterocycles. The second kappa shape index (κ2) is 6.61. The molecule has 94 valence electrons. The fraction of sp³-hybridized carbons (Fsp3) is 1.00. The van der Waals surface area contributed by atoms with Crippen LogP contribution in [0.5, 0.6) is 0 Å². The standard InChI is InChI=1S/C14H27NO/c1-13(14-5-3-2-4-6-14)7-8-15-9-11-16-12-10-15/h13-14H,2-12H2,1H3. The predicted molar refractivity (Wildman–Crippen MR) is 67.6 cm³/mol. The molecule has 1 saturated carbocycles. The van der Waals surface area contributed by atoms with E-state index in [1.54, 1.807) is 0 Å². The lowest BCUT2D eigenvalue weighted by Gasteiger charge is -2.31. The predicted octanol–water partition coefficient (Wildman–Crippen LogP) is 2.93. The third kappa shape index (κ3) is 3.74. The second-order valence-electron chi connectivity index (χ2n) is 5.62. The minimum absolute atomic E-state index is 0.933. The molecule has 0 N–H and O–H groups in total. The van der Waals surface area contributed by atoms with Gasteiger partial charge in [0.2, 0.25) is 0 Å². The normalized spacial score (nSPS) is 26.8. The van der Waals surface area contributed by atoms with Gasteiger partial charge in [0, 0.05) is 13.1 Å². The van der Waals surface area contributed by atoms with E-state index in [1.165, 1.54) is 45.1 Å². The summed E-state index contributed by atoms with van der Waals surface area (Å²) in [6.45, 7) is 7.95. The lowest BCUT2D eigenvalue weighted by atomic mass is 9.79. The fourth-order valence-corrected chi connectivity index (χ4v) is 3.15. The lowest BCUT2D eigenvalue weighted by molar-refractivity contribution is 0.0339. The zero-order valence-corrected chi connectivity index (χ0v) is 10.8. The summed E-state index contributed by atoms with van der Waals surface area (Å²) in [6, 6.07) is 0. The van der Waals surface area contributed by atoms with E-state index in [4.69, 9.17) is 4.74 Å². The molecule has 1 saturated heterocycles. The summed E-state index contributed by atoms with van der Waals surface area (Å²) in [6.07, 6.45) is 8.81. The second-order valence-corrected chi connectivity index (χ2v) is 5.62. The Hall–Kier alpha value is -0.0800. The van der Waals surface area contributed by atoms with Gasteiger partial charge in [0.1, 0.15) is 0 Å². The van der Waals surface area contributed by atoms with Crippen molar-refractivity contribution in [3.8, 4) is 0 Å². The number of nitrogens with zero attached hydrogens (tertiary/aromatic N) is 1. The van der Waals surface area contributed by atoms with Gasteiger partial charge < -0.3 is 4.74 Å². The molecule has 1 aliphatic carbocycles. The zero-order valence-electron chi connectivity index (χ0n) is 10.8. The first-order chi connectivity index (χ1) is 7.86. The van der Waals surface area contributed by atoms with Gasteiger partial charge in [-0.3, -0.25) is 4.90 Å². The Labute approximate surface area is 100 Å². The third-order valence-corrected chi connectivity index (χ3v) is 4.46. The molecule has 1 heterocycles. The maximum atomic E-state index is 5.38. The molecule has 0 bridgehead atoms. The van der Waals surface area contributed by atoms with E-state index in [0.29, 0.717) is 0 Å². The lowest BCUT2D eigenvalue weighted by Crippen LogP contribution is -2.37. The molecule has 2 heteroatoms. The smallest absolute Gasteiger partial charge is 0.0594 e. The molecule has 1 unspecified atom stereocenters. The minimum Gasteiger partial charge on any atom is -0.379 e. The Balaban J connectivity index is 1.63. The van der Waals surface area contributed by atoms with E-state index < -0.39 is 0 Å². The first-order valence-corrected chi connectivity index (χ1v) is 7.16. The van der Waals surface area contributed by atoms with Gasteiger partial charge >= 0.3 is 0 Å². The molecule has 0 aromatic rings. The Morgan fingerprint density at radius 2 is 1.81 bits per heavy atom. The van der Waals surface area contributed by atoms with Crippen molar-refractivity contribution in [2.24, 2.45) is 11.8 Å². The Morgan fingerprint density at radius 1 is 1.12 bits per heavy atom. The van der Waals surface area contributed by atoms with Crippen LogP contribution in [0.25, 0.3) is 0 Å². The number of hydrogen-bond acceptors (Lipinski definition) is 2. The quantitative estimate of drug-likeness (QED) is 0.729. The number of hydrogen-bond donors (Lipinski definition) is 0. The monoisotopic (exact) mass is 225 g/mol. The average molecular weight is 225 g/mol. The summed E-state index contributed by atoms with van der Waals surface area (Å²) < 4.78 is 5.38. The molecule has 16 heavy (non-hydrogen) atoms. The molecule has 0 amide bonds. The van der Waals surface area contributed by atoms with Crippen molar-refractivity contribution < 1.29 is 4.74 Å². The van der Waals surface area contributed by atoms with Crippen molar-refractivity contribution >= 4 is 0 Å². The maximum absolute atomic E-state index is 5.38. The first kappa shape index (κ1) is 12.4. The molecule has 1 aliphatic heterocycles. The molecule has 0 spiro atoms. The van der Waals surface area contributed by atoms with Gasteiger partial charge in [0.15, 0.2) is 0 Å². The molecule has 1 atom stereocenters. The van der Waals surface area contributed by atoms with Gasteiger partial charge in [-0.2, -0.15) is 0 Å². The highest BCUT2D eigenvalue weighted by Crippen LogP contribution is 2.31. The van der Waals surface area contributed by atoms with Gasteiger partial charge in [-0.25, -0.2) is 0 Å². The minimum atomic E-state index is 0.933. The van der Waals surface area contributed by atoms with Gasteiger partial charge in [0.05, 0.1) is 13.2 Å². The highest BCUT2D eigenvalue weighted by Gasteiger charge is 2.20. The number of morpholine rings is 1. The Kier molecular flexibility index (Phi) is 5.11. The zero-order chi connectivity index (χ0) is 11.2. The summed E-state index contributed by atoms with van der Waals surface area (Å²) in [5.41, 5.74) is 0. The molecule has 0 aromatic carbocycles. The van der Waals surface area contributed by atoms with Crippen molar-refractivity contribution in [2.45, 2.75) is 45.4 Å². The van der Waals surface area contributed by atoms with E-state index >= 15 is 0 Å². The fourth-order valence-electron chi connectivity index (χ4n) is 3.15. The van der Waals surface area contributed by atoms with Gasteiger partial charge in [-0.15, -0.1) is 0 Å². The Bertz CT molecular complexity index is 183. The van der Waals surface area contributed by atoms with Crippen LogP contribution < -0.4 is 0 Å². The van der Waals surface area contributed by atoms with Crippen LogP contribution in [-0.2, 0) is 4.74 Å². The molecule has 2 aliphatic rings. The van der Waals surface area contributed by atoms with Crippen LogP contribution >= 0.6 is 0 Å². The Morgan fingerprint density at radius 3 is 2.50 bits per heavy atom. The van der Waals surface area contributed by atoms with Crippen LogP contribution in [0.3, 0.4) is 0 Å². The van der Waals surface area contributed by atoms with Crippen LogP contribution in [0, 0.1) is 11.8 Å². The van der Waals surface area contributed by atoms with Crippen molar-refractivity contribution in [3.05, 3.63) is 0 Å². The van der Waals surface area contributed by atoms with E-state index in [-0.39, 0.29) is 0 Å². The number of ether oxygens (including phenoxy) is 1. The van der Waals surface area contributed by atoms with Gasteiger partial charge in [0.25, 0.3) is 0 Å². The van der Waals surface area contributed by atoms with Crippen molar-refractivity contribution in [3.63, 3.8) is 0 Å².